The van der Waals surface area contributed by atoms with Gasteiger partial charge in [0, 0.05) is 12.4 Å². The Morgan fingerprint density at radius 1 is 0.548 bits per heavy atom. The Hall–Kier alpha value is -3.82. The van der Waals surface area contributed by atoms with Gasteiger partial charge in [0.25, 0.3) is 0 Å². The average molecular weight is 822 g/mol. The van der Waals surface area contributed by atoms with E-state index in [2.05, 4.69) is 30.5 Å². The van der Waals surface area contributed by atoms with Gasteiger partial charge in [0.15, 0.2) is 46.5 Å². The van der Waals surface area contributed by atoms with Crippen molar-refractivity contribution >= 4 is 69.0 Å². The number of halogens is 10. The number of hydrogen-bond donors (Lipinski definition) is 2. The summed E-state index contributed by atoms with van der Waals surface area (Å²) in [7, 11) is 0. The molecule has 0 aliphatic carbocycles. The molecule has 0 saturated carbocycles. The second-order valence-corrected chi connectivity index (χ2v) is 9.24. The molecule has 0 radical (unpaired) electrons. The zero-order valence-corrected chi connectivity index (χ0v) is 24.4. The van der Waals surface area contributed by atoms with Gasteiger partial charge in [0.1, 0.15) is 11.4 Å². The zero-order chi connectivity index (χ0) is 31.4. The molecule has 2 aromatic heterocycles. The Morgan fingerprint density at radius 3 is 1.10 bits per heavy atom. The van der Waals surface area contributed by atoms with E-state index in [0.29, 0.717) is 0 Å². The fourth-order valence-electron chi connectivity index (χ4n) is 2.53. The van der Waals surface area contributed by atoms with Gasteiger partial charge in [-0.25, -0.2) is 35.1 Å². The van der Waals surface area contributed by atoms with Gasteiger partial charge < -0.3 is 10.4 Å². The Balaban J connectivity index is 0.000000220. The summed E-state index contributed by atoms with van der Waals surface area (Å²) in [5.74, 6) is -12.4. The molecule has 8 nitrogen and oxygen atoms in total. The van der Waals surface area contributed by atoms with E-state index in [4.69, 9.17) is 10.4 Å². The summed E-state index contributed by atoms with van der Waals surface area (Å²) in [6.45, 7) is 0. The molecule has 2 aromatic carbocycles. The molecule has 0 saturated heterocycles. The zero-order valence-electron chi connectivity index (χ0n) is 20.1. The summed E-state index contributed by atoms with van der Waals surface area (Å²) in [4.78, 5) is 7.86. The van der Waals surface area contributed by atoms with Crippen molar-refractivity contribution in [2.24, 2.45) is 20.5 Å². The maximum absolute atomic E-state index is 12.9. The smallest absolute Gasteiger partial charge is 0.175 e. The van der Waals surface area contributed by atoms with E-state index in [-0.39, 0.29) is 12.4 Å². The van der Waals surface area contributed by atoms with E-state index in [9.17, 15) is 35.1 Å². The quantitative estimate of drug-likeness (QED) is 0.0316. The second-order valence-electron chi connectivity index (χ2n) is 7.08. The molecule has 0 bridgehead atoms. The summed E-state index contributed by atoms with van der Waals surface area (Å²) in [5, 5.41) is 28.6. The van der Waals surface area contributed by atoms with Gasteiger partial charge in [-0.2, -0.15) is 0 Å². The highest BCUT2D eigenvalue weighted by molar-refractivity contribution is 14.1. The van der Waals surface area contributed by atoms with Crippen LogP contribution < -0.4 is 0 Å². The highest BCUT2D eigenvalue weighted by Gasteiger charge is 2.23. The predicted octanol–water partition coefficient (Wildman–Crippen LogP) is 8.20. The molecule has 0 unspecified atom stereocenters. The first-order chi connectivity index (χ1) is 20.0. The first-order valence-electron chi connectivity index (χ1n) is 10.6. The summed E-state index contributed by atoms with van der Waals surface area (Å²) in [6, 6.07) is 7.31. The number of aromatic nitrogens is 2. The SMILES string of the molecule is O/N=C/c1c(F)c(F)c(I)c(F)c1F.O/N=C/c1c(F)c(F)c(I)c(F)c1F.c1cncc(N=Nc2cccnc2)c1. The molecule has 2 N–H and O–H groups in total. The number of nitrogens with zero attached hydrogens (tertiary/aromatic N) is 6. The van der Waals surface area contributed by atoms with Crippen molar-refractivity contribution < 1.29 is 45.5 Å². The molecular formula is C24H12F8I2N6O2. The molecule has 4 rings (SSSR count). The highest BCUT2D eigenvalue weighted by Crippen LogP contribution is 2.25. The Kier molecular flexibility index (Phi) is 13.6. The number of pyridine rings is 2. The largest absolute Gasteiger partial charge is 0.411 e. The van der Waals surface area contributed by atoms with Crippen LogP contribution in [0.25, 0.3) is 0 Å². The lowest BCUT2D eigenvalue weighted by molar-refractivity contribution is 0.321. The van der Waals surface area contributed by atoms with Gasteiger partial charge in [-0.15, -0.1) is 10.2 Å². The first kappa shape index (κ1) is 34.4. The topological polar surface area (TPSA) is 116 Å². The van der Waals surface area contributed by atoms with E-state index >= 15 is 0 Å². The molecule has 0 aliphatic heterocycles. The van der Waals surface area contributed by atoms with Gasteiger partial charge in [0.2, 0.25) is 0 Å². The summed E-state index contributed by atoms with van der Waals surface area (Å²) in [5.41, 5.74) is -0.640. The van der Waals surface area contributed by atoms with Crippen molar-refractivity contribution in [3.8, 4) is 0 Å². The van der Waals surface area contributed by atoms with Crippen molar-refractivity contribution in [2.75, 3.05) is 0 Å². The van der Waals surface area contributed by atoms with Crippen LogP contribution >= 0.6 is 45.2 Å². The summed E-state index contributed by atoms with van der Waals surface area (Å²) >= 11 is 2.26. The Labute approximate surface area is 257 Å². The van der Waals surface area contributed by atoms with Crippen molar-refractivity contribution in [3.05, 3.63) is 114 Å². The van der Waals surface area contributed by atoms with Crippen LogP contribution in [-0.2, 0) is 0 Å². The van der Waals surface area contributed by atoms with Crippen LogP contribution in [0.5, 0.6) is 0 Å². The third kappa shape index (κ3) is 8.84. The molecule has 0 aliphatic rings. The van der Waals surface area contributed by atoms with Crippen molar-refractivity contribution in [2.45, 2.75) is 0 Å². The monoisotopic (exact) mass is 822 g/mol. The minimum Gasteiger partial charge on any atom is -0.411 e. The highest BCUT2D eigenvalue weighted by atomic mass is 127. The molecule has 18 heteroatoms. The molecule has 42 heavy (non-hydrogen) atoms. The number of rotatable bonds is 4. The third-order valence-electron chi connectivity index (χ3n) is 4.43. The minimum absolute atomic E-state index is 0.285. The maximum Gasteiger partial charge on any atom is 0.175 e. The van der Waals surface area contributed by atoms with Crippen LogP contribution in [0.15, 0.2) is 69.6 Å². The van der Waals surface area contributed by atoms with Crippen molar-refractivity contribution in [3.63, 3.8) is 0 Å². The van der Waals surface area contributed by atoms with Crippen LogP contribution in [0.4, 0.5) is 46.5 Å². The molecular weight excluding hydrogens is 810 g/mol. The van der Waals surface area contributed by atoms with Crippen LogP contribution in [0.3, 0.4) is 0 Å². The van der Waals surface area contributed by atoms with E-state index < -0.39 is 64.8 Å². The molecule has 2 heterocycles. The van der Waals surface area contributed by atoms with Gasteiger partial charge in [-0.05, 0) is 69.4 Å². The van der Waals surface area contributed by atoms with Crippen molar-refractivity contribution in [1.82, 2.24) is 9.97 Å². The van der Waals surface area contributed by atoms with Gasteiger partial charge in [0.05, 0.1) is 43.1 Å². The second kappa shape index (κ2) is 16.6. The molecule has 4 aromatic rings. The van der Waals surface area contributed by atoms with Crippen molar-refractivity contribution in [1.29, 1.82) is 0 Å². The lowest BCUT2D eigenvalue weighted by Crippen LogP contribution is -2.05. The predicted molar refractivity (Wildman–Crippen MR) is 149 cm³/mol. The minimum atomic E-state index is -1.59. The standard InChI is InChI=1S/C10H8N4.2C7H2F4INO/c1-3-9(7-11-5-1)13-14-10-4-2-6-12-8-10;2*8-3-2(1-13-14)4(9)6(11)7(12)5(3)10/h1-8H;2*1,14H/b;2*13-1+. The maximum atomic E-state index is 12.9. The molecule has 220 valence electrons. The lowest BCUT2D eigenvalue weighted by Gasteiger charge is -2.03. The third-order valence-corrected chi connectivity index (χ3v) is 6.33. The molecule has 0 atom stereocenters. The Morgan fingerprint density at radius 2 is 0.857 bits per heavy atom. The molecule has 0 fully saturated rings. The van der Waals surface area contributed by atoms with E-state index in [1.807, 2.05) is 24.3 Å². The average Bonchev–Trinajstić information content (AvgIpc) is 3.02. The molecule has 0 amide bonds. The first-order valence-corrected chi connectivity index (χ1v) is 12.7. The van der Waals surface area contributed by atoms with E-state index in [0.717, 1.165) is 56.6 Å². The number of benzene rings is 2. The van der Waals surface area contributed by atoms with Gasteiger partial charge >= 0.3 is 0 Å². The number of hydrogen-bond acceptors (Lipinski definition) is 8. The van der Waals surface area contributed by atoms with Crippen LogP contribution in [-0.4, -0.2) is 32.8 Å². The fourth-order valence-corrected chi connectivity index (χ4v) is 3.47. The van der Waals surface area contributed by atoms with Crippen LogP contribution in [0, 0.1) is 53.7 Å². The summed E-state index contributed by atoms with van der Waals surface area (Å²) < 4.78 is 101. The van der Waals surface area contributed by atoms with E-state index in [1.54, 1.807) is 24.8 Å². The lowest BCUT2D eigenvalue weighted by atomic mass is 10.2. The number of azo groups is 1. The number of oxime groups is 2. The van der Waals surface area contributed by atoms with E-state index in [1.165, 1.54) is 0 Å². The molecule has 0 spiro atoms. The Bertz CT molecular complexity index is 1440. The fraction of sp³-hybridized carbons (Fsp3) is 0. The van der Waals surface area contributed by atoms with Gasteiger partial charge in [-0.3, -0.25) is 9.97 Å². The van der Waals surface area contributed by atoms with Crippen LogP contribution in [0.1, 0.15) is 11.1 Å². The summed E-state index contributed by atoms with van der Waals surface area (Å²) in [6.07, 6.45) is 7.27. The van der Waals surface area contributed by atoms with Gasteiger partial charge in [-0.1, -0.05) is 10.3 Å². The van der Waals surface area contributed by atoms with Crippen LogP contribution in [0.2, 0.25) is 0 Å². The normalized spacial score (nSPS) is 11.0.